The predicted octanol–water partition coefficient (Wildman–Crippen LogP) is 3.59. The maximum atomic E-state index is 12.3. The number of fused-ring (bicyclic) bond motifs is 3. The molecule has 1 aliphatic carbocycles. The topological polar surface area (TPSA) is 85.7 Å². The second-order valence-electron chi connectivity index (χ2n) is 7.17. The third kappa shape index (κ3) is 2.83. The minimum absolute atomic E-state index is 0.0854. The van der Waals surface area contributed by atoms with Gasteiger partial charge >= 0.3 is 0 Å². The zero-order valence-corrected chi connectivity index (χ0v) is 16.5. The molecule has 0 bridgehead atoms. The normalized spacial score (nSPS) is 21.5. The summed E-state index contributed by atoms with van der Waals surface area (Å²) in [6, 6.07) is 4.34. The molecule has 136 valence electrons. The number of nitrogens with zero attached hydrogens (tertiary/aromatic N) is 5. The number of nitriles is 2. The van der Waals surface area contributed by atoms with Crippen molar-refractivity contribution in [3.63, 3.8) is 0 Å². The average molecular weight is 424 g/mol. The summed E-state index contributed by atoms with van der Waals surface area (Å²) in [5.41, 5.74) is 3.50. The number of hydrogen-bond acceptors (Lipinski definition) is 4. The van der Waals surface area contributed by atoms with Crippen LogP contribution in [0.15, 0.2) is 22.9 Å². The van der Waals surface area contributed by atoms with E-state index < -0.39 is 0 Å². The summed E-state index contributed by atoms with van der Waals surface area (Å²) in [5, 5.41) is 19.4. The predicted molar refractivity (Wildman–Crippen MR) is 104 cm³/mol. The number of amides is 1. The molecule has 0 saturated carbocycles. The van der Waals surface area contributed by atoms with Gasteiger partial charge in [0.2, 0.25) is 5.91 Å². The number of likely N-dealkylation sites (tertiary alicyclic amines) is 1. The molecule has 0 spiro atoms. The molecule has 6 nitrogen and oxygen atoms in total. The molecule has 0 radical (unpaired) electrons. The Morgan fingerprint density at radius 1 is 1.44 bits per heavy atom. The zero-order chi connectivity index (χ0) is 19.1. The van der Waals surface area contributed by atoms with Gasteiger partial charge in [-0.25, -0.2) is 0 Å². The lowest BCUT2D eigenvalue weighted by Gasteiger charge is -2.38. The molecular weight excluding hydrogens is 406 g/mol. The molecule has 2 atom stereocenters. The van der Waals surface area contributed by atoms with Gasteiger partial charge in [-0.15, -0.1) is 0 Å². The van der Waals surface area contributed by atoms with E-state index in [9.17, 15) is 10.1 Å². The number of hydrogen-bond donors (Lipinski definition) is 0. The molecule has 0 N–H and O–H groups in total. The maximum absolute atomic E-state index is 12.3. The Kier molecular flexibility index (Phi) is 4.49. The number of piperidine rings is 1. The molecule has 1 amide bonds. The van der Waals surface area contributed by atoms with Crippen LogP contribution in [-0.2, 0) is 11.2 Å². The standard InChI is InChI=1S/C20H18BrN5O/c1-12-5-7-25(18(27)4-6-22)11-17(12)26-10-15(21)14-9-24-16-3-2-13(8-23)19(16)20(14)26/h2,9-10,12,17H,3-5,7,11H2,1H3/t12-,17+/m1/s1. The first-order valence-electron chi connectivity index (χ1n) is 8.98. The number of rotatable bonds is 2. The number of carbonyl (C=O) groups excluding carboxylic acids is 1. The van der Waals surface area contributed by atoms with Gasteiger partial charge in [-0.05, 0) is 28.3 Å². The largest absolute Gasteiger partial charge is 0.341 e. The van der Waals surface area contributed by atoms with E-state index in [-0.39, 0.29) is 18.4 Å². The lowest BCUT2D eigenvalue weighted by molar-refractivity contribution is -0.132. The number of allylic oxidation sites excluding steroid dienone is 2. The Labute approximate surface area is 165 Å². The molecule has 1 aliphatic heterocycles. The second kappa shape index (κ2) is 6.83. The summed E-state index contributed by atoms with van der Waals surface area (Å²) in [4.78, 5) is 18.6. The lowest BCUT2D eigenvalue weighted by atomic mass is 9.92. The van der Waals surface area contributed by atoms with Crippen molar-refractivity contribution >= 4 is 38.3 Å². The summed E-state index contributed by atoms with van der Waals surface area (Å²) in [6.07, 6.45) is 7.29. The minimum atomic E-state index is -0.116. The van der Waals surface area contributed by atoms with Crippen molar-refractivity contribution in [1.29, 1.82) is 10.5 Å². The van der Waals surface area contributed by atoms with Crippen molar-refractivity contribution in [2.24, 2.45) is 5.92 Å². The first-order chi connectivity index (χ1) is 13.0. The average Bonchev–Trinajstić information content (AvgIpc) is 3.23. The van der Waals surface area contributed by atoms with Crippen LogP contribution in [0.2, 0.25) is 0 Å². The number of pyridine rings is 1. The first kappa shape index (κ1) is 17.8. The minimum Gasteiger partial charge on any atom is -0.341 e. The van der Waals surface area contributed by atoms with Crippen molar-refractivity contribution in [3.05, 3.63) is 34.2 Å². The van der Waals surface area contributed by atoms with Crippen LogP contribution in [0.4, 0.5) is 0 Å². The van der Waals surface area contributed by atoms with Crippen molar-refractivity contribution in [2.45, 2.75) is 32.2 Å². The Hall–Kier alpha value is -2.64. The molecule has 27 heavy (non-hydrogen) atoms. The summed E-state index contributed by atoms with van der Waals surface area (Å²) < 4.78 is 3.14. The van der Waals surface area contributed by atoms with Crippen LogP contribution in [0, 0.1) is 28.6 Å². The van der Waals surface area contributed by atoms with E-state index in [0.29, 0.717) is 31.0 Å². The van der Waals surface area contributed by atoms with Gasteiger partial charge in [0.25, 0.3) is 0 Å². The number of halogens is 1. The molecule has 1 saturated heterocycles. The van der Waals surface area contributed by atoms with E-state index in [1.807, 2.05) is 24.5 Å². The smallest absolute Gasteiger partial charge is 0.236 e. The third-order valence-electron chi connectivity index (χ3n) is 5.65. The van der Waals surface area contributed by atoms with Crippen molar-refractivity contribution in [1.82, 2.24) is 14.5 Å². The van der Waals surface area contributed by atoms with Crippen LogP contribution in [0.25, 0.3) is 16.5 Å². The van der Waals surface area contributed by atoms with Gasteiger partial charge in [-0.1, -0.05) is 13.0 Å². The summed E-state index contributed by atoms with van der Waals surface area (Å²) in [5.74, 6) is 0.257. The fourth-order valence-electron chi connectivity index (χ4n) is 4.16. The van der Waals surface area contributed by atoms with Gasteiger partial charge in [0.05, 0.1) is 35.0 Å². The van der Waals surface area contributed by atoms with Crippen LogP contribution in [-0.4, -0.2) is 33.4 Å². The van der Waals surface area contributed by atoms with Crippen LogP contribution >= 0.6 is 15.9 Å². The number of carbonyl (C=O) groups is 1. The van der Waals surface area contributed by atoms with Crippen molar-refractivity contribution < 1.29 is 4.79 Å². The molecule has 3 heterocycles. The summed E-state index contributed by atoms with van der Waals surface area (Å²) in [7, 11) is 0. The van der Waals surface area contributed by atoms with E-state index in [2.05, 4.69) is 38.5 Å². The molecule has 7 heteroatoms. The van der Waals surface area contributed by atoms with Crippen LogP contribution in [0.3, 0.4) is 0 Å². The van der Waals surface area contributed by atoms with Crippen LogP contribution < -0.4 is 0 Å². The fourth-order valence-corrected chi connectivity index (χ4v) is 4.67. The monoisotopic (exact) mass is 423 g/mol. The van der Waals surface area contributed by atoms with Gasteiger partial charge in [-0.2, -0.15) is 10.5 Å². The van der Waals surface area contributed by atoms with Crippen molar-refractivity contribution in [3.8, 4) is 12.1 Å². The third-order valence-corrected chi connectivity index (χ3v) is 6.28. The second-order valence-corrected chi connectivity index (χ2v) is 8.02. The SMILES string of the molecule is C[C@@H]1CCN(C(=O)CC#N)C[C@@H]1n1cc(Br)c2cnc3c(c21)C(C#N)=CC3. The Morgan fingerprint density at radius 2 is 2.26 bits per heavy atom. The maximum Gasteiger partial charge on any atom is 0.236 e. The molecular formula is C20H18BrN5O. The highest BCUT2D eigenvalue weighted by atomic mass is 79.9. The Morgan fingerprint density at radius 3 is 3.00 bits per heavy atom. The molecule has 0 unspecified atom stereocenters. The summed E-state index contributed by atoms with van der Waals surface area (Å²) in [6.45, 7) is 3.45. The van der Waals surface area contributed by atoms with Gasteiger partial charge < -0.3 is 9.47 Å². The van der Waals surface area contributed by atoms with Crippen LogP contribution in [0.5, 0.6) is 0 Å². The molecule has 1 fully saturated rings. The highest BCUT2D eigenvalue weighted by Crippen LogP contribution is 2.40. The van der Waals surface area contributed by atoms with E-state index >= 15 is 0 Å². The van der Waals surface area contributed by atoms with E-state index in [0.717, 1.165) is 33.1 Å². The Balaban J connectivity index is 1.83. The van der Waals surface area contributed by atoms with Crippen LogP contribution in [0.1, 0.15) is 37.1 Å². The zero-order valence-electron chi connectivity index (χ0n) is 14.9. The van der Waals surface area contributed by atoms with Gasteiger partial charge in [0.1, 0.15) is 6.42 Å². The van der Waals surface area contributed by atoms with Gasteiger partial charge in [-0.3, -0.25) is 9.78 Å². The van der Waals surface area contributed by atoms with Gasteiger partial charge in [0, 0.05) is 47.3 Å². The number of aromatic nitrogens is 2. The van der Waals surface area contributed by atoms with E-state index in [4.69, 9.17) is 5.26 Å². The molecule has 2 aliphatic rings. The van der Waals surface area contributed by atoms with E-state index in [1.54, 1.807) is 4.90 Å². The lowest BCUT2D eigenvalue weighted by Crippen LogP contribution is -2.43. The van der Waals surface area contributed by atoms with Gasteiger partial charge in [0.15, 0.2) is 0 Å². The Bertz CT molecular complexity index is 1050. The van der Waals surface area contributed by atoms with Crippen molar-refractivity contribution in [2.75, 3.05) is 13.1 Å². The molecule has 2 aromatic heterocycles. The first-order valence-corrected chi connectivity index (χ1v) is 9.77. The fraction of sp³-hybridized carbons (Fsp3) is 0.400. The molecule has 2 aromatic rings. The quantitative estimate of drug-likeness (QED) is 0.738. The van der Waals surface area contributed by atoms with E-state index in [1.165, 1.54) is 0 Å². The highest BCUT2D eigenvalue weighted by molar-refractivity contribution is 9.10. The molecule has 0 aromatic carbocycles. The molecule has 4 rings (SSSR count). The highest BCUT2D eigenvalue weighted by Gasteiger charge is 2.32. The summed E-state index contributed by atoms with van der Waals surface area (Å²) >= 11 is 3.64.